The Balaban J connectivity index is 1.70. The van der Waals surface area contributed by atoms with Gasteiger partial charge in [0.2, 0.25) is 5.91 Å². The summed E-state index contributed by atoms with van der Waals surface area (Å²) in [6.07, 6.45) is 1.99. The lowest BCUT2D eigenvalue weighted by Gasteiger charge is -2.31. The molecular weight excluding hydrogens is 356 g/mol. The molecule has 0 saturated carbocycles. The lowest BCUT2D eigenvalue weighted by molar-refractivity contribution is -0.122. The van der Waals surface area contributed by atoms with Crippen molar-refractivity contribution in [2.45, 2.75) is 45.0 Å². The van der Waals surface area contributed by atoms with E-state index in [4.69, 9.17) is 4.74 Å². The molecule has 2 aromatic rings. The number of hydrogen-bond acceptors (Lipinski definition) is 4. The van der Waals surface area contributed by atoms with Gasteiger partial charge in [-0.3, -0.25) is 9.78 Å². The summed E-state index contributed by atoms with van der Waals surface area (Å²) in [6.45, 7) is 4.52. The maximum absolute atomic E-state index is 13.5. The van der Waals surface area contributed by atoms with E-state index in [9.17, 15) is 9.59 Å². The van der Waals surface area contributed by atoms with Crippen LogP contribution in [0.4, 0.5) is 10.5 Å². The lowest BCUT2D eigenvalue weighted by Crippen LogP contribution is -2.51. The number of urea groups is 1. The Labute approximate surface area is 164 Å². The van der Waals surface area contributed by atoms with Crippen LogP contribution < -0.4 is 15.0 Å². The van der Waals surface area contributed by atoms with Gasteiger partial charge in [-0.2, -0.15) is 0 Å². The zero-order valence-corrected chi connectivity index (χ0v) is 16.0. The Morgan fingerprint density at radius 1 is 1.25 bits per heavy atom. The molecule has 1 saturated heterocycles. The van der Waals surface area contributed by atoms with Gasteiger partial charge in [0.15, 0.2) is 0 Å². The zero-order chi connectivity index (χ0) is 19.7. The summed E-state index contributed by atoms with van der Waals surface area (Å²) in [6, 6.07) is 12.3. The minimum atomic E-state index is -0.555. The van der Waals surface area contributed by atoms with Crippen molar-refractivity contribution in [3.8, 4) is 5.75 Å². The smallest absolute Gasteiger partial charge is 0.318 e. The van der Waals surface area contributed by atoms with Crippen molar-refractivity contribution in [3.63, 3.8) is 0 Å². The van der Waals surface area contributed by atoms with E-state index in [1.165, 1.54) is 0 Å². The van der Waals surface area contributed by atoms with Crippen molar-refractivity contribution in [1.82, 2.24) is 15.2 Å². The number of carbonyl (C=O) groups excluding carboxylic acids is 2. The van der Waals surface area contributed by atoms with Gasteiger partial charge in [-0.15, -0.1) is 0 Å². The summed E-state index contributed by atoms with van der Waals surface area (Å²) >= 11 is 0. The molecule has 28 heavy (non-hydrogen) atoms. The van der Waals surface area contributed by atoms with Crippen LogP contribution in [0.1, 0.15) is 26.0 Å². The highest BCUT2D eigenvalue weighted by atomic mass is 16.5. The Morgan fingerprint density at radius 2 is 2.04 bits per heavy atom. The fraction of sp³-hybridized carbons (Fsp3) is 0.381. The van der Waals surface area contributed by atoms with Crippen molar-refractivity contribution in [2.75, 3.05) is 11.4 Å². The number of para-hydroxylation sites is 2. The van der Waals surface area contributed by atoms with Crippen LogP contribution in [0.25, 0.3) is 0 Å². The highest BCUT2D eigenvalue weighted by Gasteiger charge is 2.45. The van der Waals surface area contributed by atoms with Crippen LogP contribution in [0.2, 0.25) is 0 Å². The lowest BCUT2D eigenvalue weighted by atomic mass is 10.1. The number of pyridine rings is 1. The number of rotatable bonds is 3. The van der Waals surface area contributed by atoms with Gasteiger partial charge >= 0.3 is 6.03 Å². The molecule has 1 fully saturated rings. The molecule has 1 aromatic heterocycles. The Kier molecular flexibility index (Phi) is 4.90. The molecule has 146 valence electrons. The van der Waals surface area contributed by atoms with Crippen molar-refractivity contribution < 1.29 is 14.3 Å². The number of likely N-dealkylation sites (tertiary alicyclic amines) is 1. The average molecular weight is 380 g/mol. The minimum Gasteiger partial charge on any atom is -0.486 e. The number of carbonyl (C=O) groups is 2. The maximum atomic E-state index is 13.5. The minimum absolute atomic E-state index is 0.00447. The number of ether oxygens (including phenoxy) is 1. The molecule has 7 nitrogen and oxygen atoms in total. The third-order valence-corrected chi connectivity index (χ3v) is 4.98. The van der Waals surface area contributed by atoms with Crippen molar-refractivity contribution >= 4 is 17.6 Å². The monoisotopic (exact) mass is 380 g/mol. The molecule has 0 aliphatic carbocycles. The van der Waals surface area contributed by atoms with Crippen LogP contribution in [0.5, 0.6) is 5.75 Å². The number of anilines is 1. The molecule has 1 aromatic carbocycles. The predicted octanol–water partition coefficient (Wildman–Crippen LogP) is 2.57. The molecule has 2 bridgehead atoms. The summed E-state index contributed by atoms with van der Waals surface area (Å²) < 4.78 is 6.19. The first-order chi connectivity index (χ1) is 13.5. The van der Waals surface area contributed by atoms with Gasteiger partial charge in [0.1, 0.15) is 17.9 Å². The first kappa shape index (κ1) is 18.3. The fourth-order valence-electron chi connectivity index (χ4n) is 3.75. The van der Waals surface area contributed by atoms with Crippen LogP contribution in [0.3, 0.4) is 0 Å². The number of nitrogens with one attached hydrogen (secondary N) is 1. The van der Waals surface area contributed by atoms with Crippen molar-refractivity contribution in [1.29, 1.82) is 0 Å². The van der Waals surface area contributed by atoms with Gasteiger partial charge in [0.25, 0.3) is 0 Å². The topological polar surface area (TPSA) is 74.8 Å². The molecule has 0 unspecified atom stereocenters. The summed E-state index contributed by atoms with van der Waals surface area (Å²) in [4.78, 5) is 33.9. The quantitative estimate of drug-likeness (QED) is 0.888. The van der Waals surface area contributed by atoms with E-state index in [1.54, 1.807) is 16.0 Å². The molecule has 0 spiro atoms. The third-order valence-electron chi connectivity index (χ3n) is 4.98. The van der Waals surface area contributed by atoms with E-state index in [2.05, 4.69) is 10.3 Å². The maximum Gasteiger partial charge on any atom is 0.318 e. The van der Waals surface area contributed by atoms with Crippen LogP contribution >= 0.6 is 0 Å². The molecule has 2 atom stereocenters. The van der Waals surface area contributed by atoms with Crippen molar-refractivity contribution in [2.24, 2.45) is 0 Å². The molecule has 4 rings (SSSR count). The molecule has 2 aliphatic heterocycles. The Morgan fingerprint density at radius 3 is 2.79 bits per heavy atom. The van der Waals surface area contributed by atoms with Crippen LogP contribution in [0.15, 0.2) is 48.7 Å². The van der Waals surface area contributed by atoms with E-state index < -0.39 is 6.04 Å². The van der Waals surface area contributed by atoms with Gasteiger partial charge in [-0.1, -0.05) is 18.2 Å². The van der Waals surface area contributed by atoms with Gasteiger partial charge < -0.3 is 19.9 Å². The second-order valence-electron chi connectivity index (χ2n) is 7.46. The molecular formula is C21H24N4O3. The normalized spacial score (nSPS) is 21.0. The highest BCUT2D eigenvalue weighted by molar-refractivity contribution is 6.00. The molecule has 3 amide bonds. The molecule has 7 heteroatoms. The van der Waals surface area contributed by atoms with Crippen LogP contribution in [-0.2, 0) is 11.3 Å². The Bertz CT molecular complexity index is 871. The standard InChI is InChI=1S/C21H24N4O3/c1-14(2)23-21(27)25-13-16-11-18(25)20(26)24(12-15-7-5-6-10-22-15)17-8-3-4-9-19(17)28-16/h3-10,14,16,18H,11-13H2,1-2H3,(H,23,27)/t16-,18-/m0/s1. The van der Waals surface area contributed by atoms with E-state index in [0.29, 0.717) is 30.9 Å². The van der Waals surface area contributed by atoms with Gasteiger partial charge in [-0.25, -0.2) is 4.79 Å². The number of nitrogens with zero attached hydrogens (tertiary/aromatic N) is 3. The number of fused-ring (bicyclic) bond motifs is 3. The predicted molar refractivity (Wildman–Crippen MR) is 105 cm³/mol. The number of aromatic nitrogens is 1. The summed E-state index contributed by atoms with van der Waals surface area (Å²) in [5.74, 6) is 0.546. The van der Waals surface area contributed by atoms with Gasteiger partial charge in [0, 0.05) is 18.7 Å². The Hall–Kier alpha value is -3.09. The highest BCUT2D eigenvalue weighted by Crippen LogP contribution is 2.36. The van der Waals surface area contributed by atoms with Crippen LogP contribution in [-0.4, -0.2) is 46.6 Å². The molecule has 3 heterocycles. The summed E-state index contributed by atoms with van der Waals surface area (Å²) in [5, 5.41) is 2.89. The SMILES string of the molecule is CC(C)NC(=O)N1C[C@@H]2C[C@H]1C(=O)N(Cc1ccccn1)c1ccccc1O2. The van der Waals surface area contributed by atoms with Gasteiger partial charge in [0.05, 0.1) is 24.5 Å². The fourth-order valence-corrected chi connectivity index (χ4v) is 3.75. The molecule has 1 N–H and O–H groups in total. The zero-order valence-electron chi connectivity index (χ0n) is 16.0. The van der Waals surface area contributed by atoms with Crippen LogP contribution in [0, 0.1) is 0 Å². The second-order valence-corrected chi connectivity index (χ2v) is 7.46. The average Bonchev–Trinajstić information content (AvgIpc) is 3.11. The molecule has 0 radical (unpaired) electrons. The number of hydrogen-bond donors (Lipinski definition) is 1. The summed E-state index contributed by atoms with van der Waals surface area (Å²) in [7, 11) is 0. The number of benzene rings is 1. The summed E-state index contributed by atoms with van der Waals surface area (Å²) in [5.41, 5.74) is 1.48. The van der Waals surface area contributed by atoms with Gasteiger partial charge in [-0.05, 0) is 38.1 Å². The van der Waals surface area contributed by atoms with E-state index in [1.807, 2.05) is 56.3 Å². The first-order valence-electron chi connectivity index (χ1n) is 9.57. The second kappa shape index (κ2) is 7.50. The van der Waals surface area contributed by atoms with E-state index in [-0.39, 0.29) is 24.1 Å². The molecule has 2 aliphatic rings. The number of amides is 3. The third kappa shape index (κ3) is 3.52. The van der Waals surface area contributed by atoms with E-state index >= 15 is 0 Å². The van der Waals surface area contributed by atoms with E-state index in [0.717, 1.165) is 5.69 Å². The largest absolute Gasteiger partial charge is 0.486 e. The van der Waals surface area contributed by atoms with Crippen molar-refractivity contribution in [3.05, 3.63) is 54.4 Å². The first-order valence-corrected chi connectivity index (χ1v) is 9.57.